The van der Waals surface area contributed by atoms with Crippen LogP contribution >= 0.6 is 0 Å². The largest absolute Gasteiger partial charge is 0.465 e. The standard InChI is InChI=1S/C28H30O2/c1-6-20-23(7-2)28(9-4)24(8-3)21-12-10-11-13-22(21)26(28)25(20)18-14-16-19(17-15-18)27(29)30-5/h8,10-17H,6-7,9H2,1-5H3/b24-8+. The van der Waals surface area contributed by atoms with Crippen LogP contribution in [0.1, 0.15) is 74.0 Å². The van der Waals surface area contributed by atoms with Crippen LogP contribution in [-0.4, -0.2) is 13.1 Å². The molecule has 0 aliphatic heterocycles. The molecule has 1 unspecified atom stereocenters. The summed E-state index contributed by atoms with van der Waals surface area (Å²) in [4.78, 5) is 11.9. The van der Waals surface area contributed by atoms with Gasteiger partial charge in [0.1, 0.15) is 0 Å². The lowest BCUT2D eigenvalue weighted by Gasteiger charge is -2.32. The summed E-state index contributed by atoms with van der Waals surface area (Å²) >= 11 is 0. The first-order valence-corrected chi connectivity index (χ1v) is 11.0. The molecule has 2 aliphatic carbocycles. The van der Waals surface area contributed by atoms with Crippen molar-refractivity contribution in [3.05, 3.63) is 88.0 Å². The number of methoxy groups -OCH3 is 1. The molecule has 0 N–H and O–H groups in total. The lowest BCUT2D eigenvalue weighted by atomic mass is 9.70. The van der Waals surface area contributed by atoms with E-state index in [0.717, 1.165) is 19.3 Å². The van der Waals surface area contributed by atoms with Crippen LogP contribution in [0, 0.1) is 5.41 Å². The molecule has 2 aliphatic rings. The Kier molecular flexibility index (Phi) is 5.27. The molecule has 2 nitrogen and oxygen atoms in total. The molecule has 0 radical (unpaired) electrons. The summed E-state index contributed by atoms with van der Waals surface area (Å²) in [6.07, 6.45) is 5.41. The Morgan fingerprint density at radius 2 is 1.63 bits per heavy atom. The second-order valence-corrected chi connectivity index (χ2v) is 7.99. The fourth-order valence-corrected chi connectivity index (χ4v) is 5.85. The highest BCUT2D eigenvalue weighted by Crippen LogP contribution is 2.68. The van der Waals surface area contributed by atoms with Crippen LogP contribution in [0.4, 0.5) is 0 Å². The predicted octanol–water partition coefficient (Wildman–Crippen LogP) is 7.33. The molecule has 1 atom stereocenters. The maximum absolute atomic E-state index is 11.9. The van der Waals surface area contributed by atoms with Gasteiger partial charge in [-0.25, -0.2) is 4.79 Å². The van der Waals surface area contributed by atoms with Gasteiger partial charge in [0, 0.05) is 5.41 Å². The number of hydrogen-bond acceptors (Lipinski definition) is 2. The first kappa shape index (κ1) is 20.4. The monoisotopic (exact) mass is 398 g/mol. The Morgan fingerprint density at radius 3 is 2.17 bits per heavy atom. The minimum atomic E-state index is -0.295. The van der Waals surface area contributed by atoms with Crippen molar-refractivity contribution in [1.29, 1.82) is 0 Å². The van der Waals surface area contributed by atoms with Gasteiger partial charge in [-0.3, -0.25) is 0 Å². The Bertz CT molecular complexity index is 1100. The number of rotatable bonds is 5. The Morgan fingerprint density at radius 1 is 0.967 bits per heavy atom. The third-order valence-corrected chi connectivity index (χ3v) is 6.93. The van der Waals surface area contributed by atoms with Crippen molar-refractivity contribution in [1.82, 2.24) is 0 Å². The second-order valence-electron chi connectivity index (χ2n) is 7.99. The van der Waals surface area contributed by atoms with Gasteiger partial charge in [-0.1, -0.05) is 68.8 Å². The highest BCUT2D eigenvalue weighted by Gasteiger charge is 2.52. The molecular formula is C28H30O2. The van der Waals surface area contributed by atoms with E-state index in [1.54, 1.807) is 5.57 Å². The molecule has 0 spiro atoms. The van der Waals surface area contributed by atoms with Crippen LogP contribution < -0.4 is 0 Å². The fraction of sp³-hybridized carbons (Fsp3) is 0.321. The molecular weight excluding hydrogens is 368 g/mol. The maximum atomic E-state index is 11.9. The van der Waals surface area contributed by atoms with E-state index in [1.807, 2.05) is 12.1 Å². The van der Waals surface area contributed by atoms with Crippen molar-refractivity contribution < 1.29 is 9.53 Å². The van der Waals surface area contributed by atoms with E-state index in [4.69, 9.17) is 4.74 Å². The topological polar surface area (TPSA) is 26.3 Å². The zero-order valence-corrected chi connectivity index (χ0v) is 18.6. The zero-order valence-electron chi connectivity index (χ0n) is 18.6. The first-order chi connectivity index (χ1) is 14.6. The lowest BCUT2D eigenvalue weighted by Crippen LogP contribution is -2.19. The van der Waals surface area contributed by atoms with Crippen LogP contribution in [0.2, 0.25) is 0 Å². The van der Waals surface area contributed by atoms with Crippen molar-refractivity contribution in [3.8, 4) is 0 Å². The number of hydrogen-bond donors (Lipinski definition) is 0. The third kappa shape index (κ3) is 2.59. The molecule has 0 heterocycles. The SMILES string of the molecule is C/C=C1\c2ccccc2C2=C(c3ccc(C(=O)OC)cc3)C(CC)=C(CC)C21CC. The van der Waals surface area contributed by atoms with Crippen molar-refractivity contribution in [3.63, 3.8) is 0 Å². The molecule has 2 aromatic rings. The Hall–Kier alpha value is -2.87. The zero-order chi connectivity index (χ0) is 21.5. The third-order valence-electron chi connectivity index (χ3n) is 6.93. The van der Waals surface area contributed by atoms with E-state index >= 15 is 0 Å². The molecule has 154 valence electrons. The van der Waals surface area contributed by atoms with Crippen LogP contribution in [-0.2, 0) is 4.74 Å². The van der Waals surface area contributed by atoms with Gasteiger partial charge in [-0.05, 0) is 77.3 Å². The molecule has 0 saturated carbocycles. The minimum Gasteiger partial charge on any atom is -0.465 e. The van der Waals surface area contributed by atoms with Crippen molar-refractivity contribution in [2.45, 2.75) is 47.0 Å². The van der Waals surface area contributed by atoms with E-state index in [0.29, 0.717) is 5.56 Å². The van der Waals surface area contributed by atoms with Crippen LogP contribution in [0.25, 0.3) is 16.7 Å². The summed E-state index contributed by atoms with van der Waals surface area (Å²) < 4.78 is 4.89. The molecule has 0 fully saturated rings. The Labute approximate surface area is 180 Å². The summed E-state index contributed by atoms with van der Waals surface area (Å²) in [6, 6.07) is 16.8. The average Bonchev–Trinajstić information content (AvgIpc) is 3.24. The number of benzene rings is 2. The molecule has 2 aromatic carbocycles. The second kappa shape index (κ2) is 7.75. The number of esters is 1. The average molecular weight is 399 g/mol. The van der Waals surface area contributed by atoms with E-state index in [1.165, 1.54) is 46.1 Å². The number of fused-ring (bicyclic) bond motifs is 3. The van der Waals surface area contributed by atoms with Gasteiger partial charge < -0.3 is 4.74 Å². The highest BCUT2D eigenvalue weighted by atomic mass is 16.5. The van der Waals surface area contributed by atoms with Crippen molar-refractivity contribution in [2.75, 3.05) is 7.11 Å². The quantitative estimate of drug-likeness (QED) is 0.493. The van der Waals surface area contributed by atoms with Gasteiger partial charge in [-0.2, -0.15) is 0 Å². The number of carbonyl (C=O) groups excluding carboxylic acids is 1. The van der Waals surface area contributed by atoms with Gasteiger partial charge in [0.15, 0.2) is 0 Å². The van der Waals surface area contributed by atoms with Crippen LogP contribution in [0.3, 0.4) is 0 Å². The van der Waals surface area contributed by atoms with Crippen molar-refractivity contribution in [2.24, 2.45) is 5.41 Å². The van der Waals surface area contributed by atoms with E-state index in [9.17, 15) is 4.79 Å². The summed E-state index contributed by atoms with van der Waals surface area (Å²) in [6.45, 7) is 9.05. The van der Waals surface area contributed by atoms with Crippen molar-refractivity contribution >= 4 is 22.7 Å². The molecule has 0 aromatic heterocycles. The highest BCUT2D eigenvalue weighted by molar-refractivity contribution is 6.16. The number of allylic oxidation sites excluding steroid dienone is 6. The smallest absolute Gasteiger partial charge is 0.337 e. The van der Waals surface area contributed by atoms with Gasteiger partial charge in [0.25, 0.3) is 0 Å². The first-order valence-electron chi connectivity index (χ1n) is 11.0. The molecule has 0 bridgehead atoms. The van der Waals surface area contributed by atoms with E-state index in [-0.39, 0.29) is 11.4 Å². The number of ether oxygens (including phenoxy) is 1. The van der Waals surface area contributed by atoms with E-state index in [2.05, 4.69) is 70.2 Å². The van der Waals surface area contributed by atoms with Gasteiger partial charge in [0.05, 0.1) is 12.7 Å². The summed E-state index contributed by atoms with van der Waals surface area (Å²) in [7, 11) is 1.42. The summed E-state index contributed by atoms with van der Waals surface area (Å²) in [5, 5.41) is 0. The van der Waals surface area contributed by atoms with Gasteiger partial charge >= 0.3 is 5.97 Å². The van der Waals surface area contributed by atoms with Crippen LogP contribution in [0.15, 0.2) is 65.8 Å². The fourth-order valence-electron chi connectivity index (χ4n) is 5.85. The number of carbonyl (C=O) groups is 1. The molecule has 0 amide bonds. The van der Waals surface area contributed by atoms with Gasteiger partial charge in [0.2, 0.25) is 0 Å². The maximum Gasteiger partial charge on any atom is 0.337 e. The predicted molar refractivity (Wildman–Crippen MR) is 125 cm³/mol. The normalized spacial score (nSPS) is 21.3. The molecule has 0 saturated heterocycles. The molecule has 30 heavy (non-hydrogen) atoms. The summed E-state index contributed by atoms with van der Waals surface area (Å²) in [5.41, 5.74) is 11.7. The van der Waals surface area contributed by atoms with Gasteiger partial charge in [-0.15, -0.1) is 0 Å². The van der Waals surface area contributed by atoms with E-state index < -0.39 is 0 Å². The summed E-state index contributed by atoms with van der Waals surface area (Å²) in [5.74, 6) is -0.295. The Balaban J connectivity index is 2.06. The minimum absolute atomic E-state index is 0.0467. The molecule has 4 rings (SSSR count). The van der Waals surface area contributed by atoms with Crippen LogP contribution in [0.5, 0.6) is 0 Å². The lowest BCUT2D eigenvalue weighted by molar-refractivity contribution is 0.0600. The molecule has 2 heteroatoms.